The molecule has 160 valence electrons. The van der Waals surface area contributed by atoms with Gasteiger partial charge in [-0.1, -0.05) is 0 Å². The number of halogens is 4. The third-order valence-electron chi connectivity index (χ3n) is 4.85. The molecule has 2 aliphatic heterocycles. The highest BCUT2D eigenvalue weighted by Crippen LogP contribution is 2.44. The van der Waals surface area contributed by atoms with Gasteiger partial charge in [-0.05, 0) is 24.6 Å². The number of carbonyl (C=O) groups is 1. The van der Waals surface area contributed by atoms with Gasteiger partial charge in [-0.3, -0.25) is 5.32 Å². The van der Waals surface area contributed by atoms with E-state index in [2.05, 4.69) is 30.3 Å². The molecule has 0 aromatic carbocycles. The molecule has 1 saturated heterocycles. The van der Waals surface area contributed by atoms with Gasteiger partial charge in [0.2, 0.25) is 6.10 Å². The second-order valence-corrected chi connectivity index (χ2v) is 7.09. The Labute approximate surface area is 168 Å². The largest absolute Gasteiger partial charge is 0.431 e. The molecule has 0 unspecified atom stereocenters. The highest BCUT2D eigenvalue weighted by molar-refractivity contribution is 5.88. The number of hydrogen-bond donors (Lipinski definition) is 2. The molecule has 0 aliphatic carbocycles. The third kappa shape index (κ3) is 3.86. The predicted molar refractivity (Wildman–Crippen MR) is 98.7 cm³/mol. The highest BCUT2D eigenvalue weighted by atomic mass is 19.4. The number of piperazine rings is 1. The number of nitrogens with zero attached hydrogens (tertiary/aromatic N) is 4. The van der Waals surface area contributed by atoms with Gasteiger partial charge < -0.3 is 15.0 Å². The van der Waals surface area contributed by atoms with Gasteiger partial charge in [0, 0.05) is 25.7 Å². The van der Waals surface area contributed by atoms with Crippen LogP contribution in [0.3, 0.4) is 0 Å². The molecule has 0 bridgehead atoms. The van der Waals surface area contributed by atoms with E-state index in [9.17, 15) is 22.4 Å². The van der Waals surface area contributed by atoms with Crippen molar-refractivity contribution in [3.63, 3.8) is 0 Å². The summed E-state index contributed by atoms with van der Waals surface area (Å²) in [6.45, 7) is 3.07. The molecule has 2 aromatic rings. The summed E-state index contributed by atoms with van der Waals surface area (Å²) in [5.41, 5.74) is -0.355. The first-order valence-electron chi connectivity index (χ1n) is 9.21. The molecular weight excluding hydrogens is 408 g/mol. The Morgan fingerprint density at radius 1 is 1.30 bits per heavy atom. The lowest BCUT2D eigenvalue weighted by molar-refractivity contribution is -0.206. The molecule has 0 radical (unpaired) electrons. The van der Waals surface area contributed by atoms with Crippen LogP contribution in [0.25, 0.3) is 11.4 Å². The Kier molecular flexibility index (Phi) is 5.18. The number of anilines is 2. The van der Waals surface area contributed by atoms with E-state index in [1.807, 2.05) is 11.8 Å². The summed E-state index contributed by atoms with van der Waals surface area (Å²) in [7, 11) is 0. The lowest BCUT2D eigenvalue weighted by Gasteiger charge is -2.33. The minimum absolute atomic E-state index is 0.0407. The fourth-order valence-electron chi connectivity index (χ4n) is 3.54. The van der Waals surface area contributed by atoms with Gasteiger partial charge in [0.25, 0.3) is 0 Å². The molecule has 0 spiro atoms. The van der Waals surface area contributed by atoms with Gasteiger partial charge >= 0.3 is 12.3 Å². The van der Waals surface area contributed by atoms with Crippen LogP contribution in [-0.2, 0) is 11.4 Å². The number of alkyl halides is 4. The van der Waals surface area contributed by atoms with E-state index in [1.165, 1.54) is 6.07 Å². The topological polar surface area (TPSA) is 92.3 Å². The average molecular weight is 426 g/mol. The number of ether oxygens (including phenoxy) is 1. The standard InChI is InChI=1S/C18H18F4N6O2/c1-9-7-28(3-2-23-9)12-5-10(6-19)4-11(26-12)14-13-15(18(20,21)22)30-17(29)27-16(13)25-8-24-14/h4-5,8-9,15,23H,2-3,6-7H2,1H3,(H,24,25,27,29)/t9-,15+/m0/s1. The van der Waals surface area contributed by atoms with Gasteiger partial charge in [0.05, 0.1) is 11.3 Å². The maximum absolute atomic E-state index is 13.6. The minimum Gasteiger partial charge on any atom is -0.431 e. The van der Waals surface area contributed by atoms with Crippen LogP contribution in [0.1, 0.15) is 24.2 Å². The molecule has 1 fully saturated rings. The minimum atomic E-state index is -4.89. The molecule has 2 N–H and O–H groups in total. The van der Waals surface area contributed by atoms with Crippen molar-refractivity contribution in [1.82, 2.24) is 20.3 Å². The second kappa shape index (κ2) is 7.67. The Morgan fingerprint density at radius 3 is 2.80 bits per heavy atom. The Balaban J connectivity index is 1.84. The summed E-state index contributed by atoms with van der Waals surface area (Å²) in [5.74, 6) is 0.119. The summed E-state index contributed by atoms with van der Waals surface area (Å²) in [6, 6.07) is 3.07. The molecule has 2 aromatic heterocycles. The van der Waals surface area contributed by atoms with E-state index in [-0.39, 0.29) is 28.8 Å². The molecule has 1 amide bonds. The maximum Gasteiger partial charge on any atom is 0.430 e. The Hall–Kier alpha value is -3.02. The van der Waals surface area contributed by atoms with E-state index in [0.29, 0.717) is 25.5 Å². The van der Waals surface area contributed by atoms with Crippen LogP contribution in [0.4, 0.5) is 34.0 Å². The number of cyclic esters (lactones) is 1. The molecule has 2 atom stereocenters. The number of rotatable bonds is 3. The first kappa shape index (κ1) is 20.3. The molecule has 12 heteroatoms. The zero-order valence-corrected chi connectivity index (χ0v) is 15.8. The van der Waals surface area contributed by atoms with E-state index in [1.54, 1.807) is 6.07 Å². The number of carbonyl (C=O) groups excluding carboxylic acids is 1. The van der Waals surface area contributed by atoms with Crippen LogP contribution in [0, 0.1) is 0 Å². The Morgan fingerprint density at radius 2 is 2.10 bits per heavy atom. The summed E-state index contributed by atoms with van der Waals surface area (Å²) in [4.78, 5) is 25.6. The van der Waals surface area contributed by atoms with Gasteiger partial charge in [-0.15, -0.1) is 0 Å². The number of pyridine rings is 1. The number of fused-ring (bicyclic) bond motifs is 1. The third-order valence-corrected chi connectivity index (χ3v) is 4.85. The maximum atomic E-state index is 13.6. The normalized spacial score (nSPS) is 21.6. The van der Waals surface area contributed by atoms with Gasteiger partial charge in [0.1, 0.15) is 30.3 Å². The lowest BCUT2D eigenvalue weighted by atomic mass is 10.0. The smallest absolute Gasteiger partial charge is 0.430 e. The summed E-state index contributed by atoms with van der Waals surface area (Å²) in [5, 5.41) is 5.43. The first-order valence-corrected chi connectivity index (χ1v) is 9.21. The molecule has 4 rings (SSSR count). The molecule has 8 nitrogen and oxygen atoms in total. The van der Waals surface area contributed by atoms with Crippen molar-refractivity contribution >= 4 is 17.7 Å². The van der Waals surface area contributed by atoms with Gasteiger partial charge in [-0.2, -0.15) is 13.2 Å². The van der Waals surface area contributed by atoms with Crippen molar-refractivity contribution in [2.24, 2.45) is 0 Å². The number of hydrogen-bond acceptors (Lipinski definition) is 7. The van der Waals surface area contributed by atoms with Crippen molar-refractivity contribution in [2.45, 2.75) is 31.9 Å². The van der Waals surface area contributed by atoms with Crippen LogP contribution in [-0.4, -0.2) is 52.9 Å². The zero-order chi connectivity index (χ0) is 21.5. The monoisotopic (exact) mass is 426 g/mol. The fourth-order valence-corrected chi connectivity index (χ4v) is 3.54. The van der Waals surface area contributed by atoms with Crippen LogP contribution in [0.2, 0.25) is 0 Å². The van der Waals surface area contributed by atoms with E-state index in [4.69, 9.17) is 0 Å². The quantitative estimate of drug-likeness (QED) is 0.729. The Bertz CT molecular complexity index is 970. The molecule has 4 heterocycles. The first-order chi connectivity index (χ1) is 14.3. The number of nitrogens with one attached hydrogen (secondary N) is 2. The molecule has 2 aliphatic rings. The number of amides is 1. The van der Waals surface area contributed by atoms with Crippen LogP contribution in [0.5, 0.6) is 0 Å². The van der Waals surface area contributed by atoms with Gasteiger partial charge in [-0.25, -0.2) is 24.1 Å². The molecule has 30 heavy (non-hydrogen) atoms. The predicted octanol–water partition coefficient (Wildman–Crippen LogP) is 2.97. The van der Waals surface area contributed by atoms with Crippen molar-refractivity contribution in [1.29, 1.82) is 0 Å². The summed E-state index contributed by atoms with van der Waals surface area (Å²) >= 11 is 0. The van der Waals surface area contributed by atoms with E-state index in [0.717, 1.165) is 6.33 Å². The van der Waals surface area contributed by atoms with Crippen LogP contribution < -0.4 is 15.5 Å². The summed E-state index contributed by atoms with van der Waals surface area (Å²) < 4.78 is 58.8. The van der Waals surface area contributed by atoms with Crippen molar-refractivity contribution < 1.29 is 27.1 Å². The van der Waals surface area contributed by atoms with Crippen molar-refractivity contribution in [3.05, 3.63) is 29.6 Å². The summed E-state index contributed by atoms with van der Waals surface area (Å²) in [6.07, 6.45) is -7.70. The SMILES string of the molecule is C[C@H]1CN(c2cc(CF)cc(-c3ncnc4c3[C@H](C(F)(F)F)OC(=O)N4)n2)CCN1. The van der Waals surface area contributed by atoms with Crippen LogP contribution >= 0.6 is 0 Å². The highest BCUT2D eigenvalue weighted by Gasteiger charge is 2.49. The van der Waals surface area contributed by atoms with E-state index < -0.39 is 30.6 Å². The number of aromatic nitrogens is 3. The second-order valence-electron chi connectivity index (χ2n) is 7.09. The van der Waals surface area contributed by atoms with E-state index >= 15 is 0 Å². The lowest BCUT2D eigenvalue weighted by Crippen LogP contribution is -2.49. The van der Waals surface area contributed by atoms with Gasteiger partial charge in [0.15, 0.2) is 0 Å². The van der Waals surface area contributed by atoms with Crippen molar-refractivity contribution in [2.75, 3.05) is 29.9 Å². The zero-order valence-electron chi connectivity index (χ0n) is 15.8. The molecular formula is C18H18F4N6O2. The molecule has 0 saturated carbocycles. The fraction of sp³-hybridized carbons (Fsp3) is 0.444. The van der Waals surface area contributed by atoms with Crippen molar-refractivity contribution in [3.8, 4) is 11.4 Å². The van der Waals surface area contributed by atoms with Crippen LogP contribution in [0.15, 0.2) is 18.5 Å². The average Bonchev–Trinajstić information content (AvgIpc) is 2.71.